The van der Waals surface area contributed by atoms with Crippen molar-refractivity contribution in [1.82, 2.24) is 15.3 Å². The highest BCUT2D eigenvalue weighted by Crippen LogP contribution is 2.32. The summed E-state index contributed by atoms with van der Waals surface area (Å²) in [5, 5.41) is 14.6. The van der Waals surface area contributed by atoms with Crippen LogP contribution in [0.4, 0.5) is 5.82 Å². The summed E-state index contributed by atoms with van der Waals surface area (Å²) in [7, 11) is 2.08. The van der Waals surface area contributed by atoms with E-state index in [-0.39, 0.29) is 5.75 Å². The van der Waals surface area contributed by atoms with Gasteiger partial charge < -0.3 is 15.3 Å². The second kappa shape index (κ2) is 6.09. The fraction of sp³-hybridized carbons (Fsp3) is 0.263. The van der Waals surface area contributed by atoms with Gasteiger partial charge in [-0.3, -0.25) is 0 Å². The van der Waals surface area contributed by atoms with Crippen LogP contribution in [0.3, 0.4) is 0 Å². The molecule has 2 heterocycles. The molecule has 4 rings (SSSR count). The van der Waals surface area contributed by atoms with Crippen LogP contribution < -0.4 is 10.2 Å². The van der Waals surface area contributed by atoms with Gasteiger partial charge in [-0.05, 0) is 37.2 Å². The largest absolute Gasteiger partial charge is 0.507 e. The average Bonchev–Trinajstić information content (AvgIpc) is 3.15. The predicted octanol–water partition coefficient (Wildman–Crippen LogP) is 2.80. The van der Waals surface area contributed by atoms with Gasteiger partial charge in [-0.15, -0.1) is 0 Å². The van der Waals surface area contributed by atoms with Crippen LogP contribution in [0.1, 0.15) is 6.42 Å². The molecule has 2 aromatic carbocycles. The molecule has 2 N–H and O–H groups in total. The molecule has 1 aliphatic heterocycles. The molecule has 0 saturated carbocycles. The Kier molecular flexibility index (Phi) is 3.78. The van der Waals surface area contributed by atoms with Gasteiger partial charge in [0.2, 0.25) is 0 Å². The number of likely N-dealkylation sites (N-methyl/N-ethyl adjacent to an activating group) is 1. The molecule has 3 aromatic rings. The first-order valence-corrected chi connectivity index (χ1v) is 8.23. The summed E-state index contributed by atoms with van der Waals surface area (Å²) in [6, 6.07) is 15.7. The van der Waals surface area contributed by atoms with Crippen LogP contribution in [-0.2, 0) is 0 Å². The van der Waals surface area contributed by atoms with Crippen molar-refractivity contribution in [3.8, 4) is 17.1 Å². The number of anilines is 1. The molecule has 0 spiro atoms. The molecule has 5 heteroatoms. The van der Waals surface area contributed by atoms with Crippen LogP contribution in [0.5, 0.6) is 5.75 Å². The molecule has 1 aromatic heterocycles. The smallest absolute Gasteiger partial charge is 0.165 e. The number of phenols is 1. The number of rotatable bonds is 3. The van der Waals surface area contributed by atoms with Crippen molar-refractivity contribution in [2.24, 2.45) is 0 Å². The molecule has 0 unspecified atom stereocenters. The van der Waals surface area contributed by atoms with Gasteiger partial charge in [-0.1, -0.05) is 24.3 Å². The summed E-state index contributed by atoms with van der Waals surface area (Å²) in [6.07, 6.45) is 1.10. The van der Waals surface area contributed by atoms with Gasteiger partial charge in [-0.25, -0.2) is 9.97 Å². The first-order valence-electron chi connectivity index (χ1n) is 8.23. The number of para-hydroxylation sites is 2. The minimum atomic E-state index is 0.198. The van der Waals surface area contributed by atoms with Crippen LogP contribution in [0.25, 0.3) is 22.3 Å². The minimum absolute atomic E-state index is 0.198. The molecular formula is C19H20N4O. The summed E-state index contributed by atoms with van der Waals surface area (Å²) >= 11 is 0. The van der Waals surface area contributed by atoms with E-state index in [2.05, 4.69) is 28.3 Å². The maximum atomic E-state index is 10.2. The SMILES string of the molecule is CN(c1nc(-c2ccccc2O)nc2ccccc12)[C@H]1CCNC1. The lowest BCUT2D eigenvalue weighted by Crippen LogP contribution is -2.34. The van der Waals surface area contributed by atoms with Crippen LogP contribution in [0.2, 0.25) is 0 Å². The maximum Gasteiger partial charge on any atom is 0.165 e. The lowest BCUT2D eigenvalue weighted by molar-refractivity contribution is 0.477. The Bertz CT molecular complexity index is 874. The molecule has 0 bridgehead atoms. The van der Waals surface area contributed by atoms with Gasteiger partial charge in [0.1, 0.15) is 11.6 Å². The topological polar surface area (TPSA) is 61.3 Å². The molecule has 24 heavy (non-hydrogen) atoms. The summed E-state index contributed by atoms with van der Waals surface area (Å²) in [6.45, 7) is 1.99. The maximum absolute atomic E-state index is 10.2. The van der Waals surface area contributed by atoms with Crippen molar-refractivity contribution in [3.05, 3.63) is 48.5 Å². The Morgan fingerprint density at radius 2 is 1.88 bits per heavy atom. The zero-order valence-electron chi connectivity index (χ0n) is 13.6. The third-order valence-electron chi connectivity index (χ3n) is 4.64. The Labute approximate surface area is 141 Å². The number of aromatic nitrogens is 2. The Balaban J connectivity index is 1.89. The molecule has 5 nitrogen and oxygen atoms in total. The molecule has 0 aliphatic carbocycles. The van der Waals surface area contributed by atoms with Gasteiger partial charge in [0.05, 0.1) is 11.1 Å². The van der Waals surface area contributed by atoms with E-state index in [9.17, 15) is 5.11 Å². The zero-order valence-corrected chi connectivity index (χ0v) is 13.6. The molecule has 1 atom stereocenters. The average molecular weight is 320 g/mol. The first kappa shape index (κ1) is 14.9. The Hall–Kier alpha value is -2.66. The van der Waals surface area contributed by atoms with Crippen LogP contribution >= 0.6 is 0 Å². The molecule has 0 amide bonds. The monoisotopic (exact) mass is 320 g/mol. The Morgan fingerprint density at radius 3 is 2.67 bits per heavy atom. The molecular weight excluding hydrogens is 300 g/mol. The highest BCUT2D eigenvalue weighted by atomic mass is 16.3. The molecule has 1 aliphatic rings. The summed E-state index contributed by atoms with van der Waals surface area (Å²) in [4.78, 5) is 11.7. The quantitative estimate of drug-likeness (QED) is 0.777. The number of benzene rings is 2. The van der Waals surface area contributed by atoms with E-state index in [4.69, 9.17) is 4.98 Å². The number of hydrogen-bond donors (Lipinski definition) is 2. The predicted molar refractivity (Wildman–Crippen MR) is 96.3 cm³/mol. The van der Waals surface area contributed by atoms with Crippen molar-refractivity contribution in [3.63, 3.8) is 0 Å². The molecule has 0 radical (unpaired) electrons. The van der Waals surface area contributed by atoms with Gasteiger partial charge >= 0.3 is 0 Å². The number of nitrogens with one attached hydrogen (secondary N) is 1. The Morgan fingerprint density at radius 1 is 1.08 bits per heavy atom. The highest BCUT2D eigenvalue weighted by molar-refractivity contribution is 5.91. The van der Waals surface area contributed by atoms with Crippen LogP contribution in [0, 0.1) is 0 Å². The van der Waals surface area contributed by atoms with E-state index >= 15 is 0 Å². The minimum Gasteiger partial charge on any atom is -0.507 e. The second-order valence-corrected chi connectivity index (χ2v) is 6.16. The fourth-order valence-electron chi connectivity index (χ4n) is 3.25. The molecule has 1 saturated heterocycles. The second-order valence-electron chi connectivity index (χ2n) is 6.16. The number of fused-ring (bicyclic) bond motifs is 1. The van der Waals surface area contributed by atoms with E-state index in [1.807, 2.05) is 30.3 Å². The number of aromatic hydroxyl groups is 1. The van der Waals surface area contributed by atoms with E-state index in [0.29, 0.717) is 17.4 Å². The normalized spacial score (nSPS) is 17.3. The molecule has 122 valence electrons. The van der Waals surface area contributed by atoms with Crippen LogP contribution in [-0.4, -0.2) is 41.3 Å². The number of nitrogens with zero attached hydrogens (tertiary/aromatic N) is 3. The summed E-state index contributed by atoms with van der Waals surface area (Å²) in [5.74, 6) is 1.66. The molecule has 1 fully saturated rings. The van der Waals surface area contributed by atoms with E-state index < -0.39 is 0 Å². The van der Waals surface area contributed by atoms with Crippen LogP contribution in [0.15, 0.2) is 48.5 Å². The van der Waals surface area contributed by atoms with Crippen molar-refractivity contribution in [2.45, 2.75) is 12.5 Å². The van der Waals surface area contributed by atoms with Crippen molar-refractivity contribution in [1.29, 1.82) is 0 Å². The summed E-state index contributed by atoms with van der Waals surface area (Å²) < 4.78 is 0. The van der Waals surface area contributed by atoms with Crippen molar-refractivity contribution in [2.75, 3.05) is 25.0 Å². The standard InChI is InChI=1S/C19H20N4O/c1-23(13-10-11-20-12-13)19-14-6-2-4-8-16(14)21-18(22-19)15-7-3-5-9-17(15)24/h2-9,13,20,24H,10-12H2,1H3/t13-/m0/s1. The third kappa shape index (κ3) is 2.57. The lowest BCUT2D eigenvalue weighted by Gasteiger charge is -2.26. The zero-order chi connectivity index (χ0) is 16.5. The van der Waals surface area contributed by atoms with E-state index in [0.717, 1.165) is 36.2 Å². The van der Waals surface area contributed by atoms with Gasteiger partial charge in [0.25, 0.3) is 0 Å². The van der Waals surface area contributed by atoms with Crippen molar-refractivity contribution >= 4 is 16.7 Å². The summed E-state index contributed by atoms with van der Waals surface area (Å²) in [5.41, 5.74) is 1.54. The van der Waals surface area contributed by atoms with E-state index in [1.54, 1.807) is 12.1 Å². The van der Waals surface area contributed by atoms with Gasteiger partial charge in [0, 0.05) is 25.0 Å². The highest BCUT2D eigenvalue weighted by Gasteiger charge is 2.23. The third-order valence-corrected chi connectivity index (χ3v) is 4.64. The fourth-order valence-corrected chi connectivity index (χ4v) is 3.25. The first-order chi connectivity index (χ1) is 11.7. The lowest BCUT2D eigenvalue weighted by atomic mass is 10.1. The van der Waals surface area contributed by atoms with Gasteiger partial charge in [0.15, 0.2) is 5.82 Å². The number of phenolic OH excluding ortho intramolecular Hbond substituents is 1. The van der Waals surface area contributed by atoms with E-state index in [1.165, 1.54) is 0 Å². The van der Waals surface area contributed by atoms with Gasteiger partial charge in [-0.2, -0.15) is 0 Å². The number of hydrogen-bond acceptors (Lipinski definition) is 5. The van der Waals surface area contributed by atoms with Crippen molar-refractivity contribution < 1.29 is 5.11 Å².